The van der Waals surface area contributed by atoms with Crippen LogP contribution in [0.5, 0.6) is 11.5 Å². The summed E-state index contributed by atoms with van der Waals surface area (Å²) in [5.74, 6) is 1.77. The maximum Gasteiger partial charge on any atom is 0.231 e. The lowest BCUT2D eigenvalue weighted by Gasteiger charge is -2.19. The summed E-state index contributed by atoms with van der Waals surface area (Å²) in [4.78, 5) is 0. The minimum absolute atomic E-state index is 0.357. The van der Waals surface area contributed by atoms with Crippen LogP contribution in [0.25, 0.3) is 0 Å². The minimum atomic E-state index is 0.357. The molecule has 0 amide bonds. The molecule has 1 aromatic carbocycles. The van der Waals surface area contributed by atoms with E-state index in [0.29, 0.717) is 18.2 Å². The van der Waals surface area contributed by atoms with Crippen LogP contribution >= 0.6 is 0 Å². The highest BCUT2D eigenvalue weighted by Gasteiger charge is 2.40. The van der Waals surface area contributed by atoms with E-state index in [1.807, 2.05) is 6.07 Å². The molecule has 0 radical (unpaired) electrons. The first kappa shape index (κ1) is 13.7. The van der Waals surface area contributed by atoms with Crippen LogP contribution in [-0.2, 0) is 6.42 Å². The van der Waals surface area contributed by atoms with Crippen molar-refractivity contribution in [1.29, 1.82) is 0 Å². The predicted molar refractivity (Wildman–Crippen MR) is 80.3 cm³/mol. The molecule has 110 valence electrons. The topological polar surface area (TPSA) is 30.5 Å². The molecule has 1 N–H and O–H groups in total. The van der Waals surface area contributed by atoms with Crippen molar-refractivity contribution in [3.8, 4) is 11.5 Å². The van der Waals surface area contributed by atoms with Crippen molar-refractivity contribution in [3.05, 3.63) is 23.8 Å². The normalized spacial score (nSPS) is 19.9. The average molecular weight is 275 g/mol. The molecule has 0 saturated heterocycles. The zero-order valence-electron chi connectivity index (χ0n) is 12.6. The van der Waals surface area contributed by atoms with Gasteiger partial charge in [-0.25, -0.2) is 0 Å². The molecule has 1 fully saturated rings. The Morgan fingerprint density at radius 2 is 2.05 bits per heavy atom. The van der Waals surface area contributed by atoms with Crippen LogP contribution < -0.4 is 14.8 Å². The average Bonchev–Trinajstić information content (AvgIpc) is 3.11. The van der Waals surface area contributed by atoms with Gasteiger partial charge in [-0.15, -0.1) is 0 Å². The molecule has 0 bridgehead atoms. The second-order valence-electron chi connectivity index (χ2n) is 6.36. The third-order valence-corrected chi connectivity index (χ3v) is 4.84. The van der Waals surface area contributed by atoms with E-state index in [4.69, 9.17) is 9.47 Å². The highest BCUT2D eigenvalue weighted by Crippen LogP contribution is 2.47. The molecule has 1 heterocycles. The van der Waals surface area contributed by atoms with Gasteiger partial charge in [-0.3, -0.25) is 0 Å². The van der Waals surface area contributed by atoms with Gasteiger partial charge in [0.15, 0.2) is 11.5 Å². The van der Waals surface area contributed by atoms with Crippen molar-refractivity contribution in [2.24, 2.45) is 5.41 Å². The van der Waals surface area contributed by atoms with Gasteiger partial charge in [0.25, 0.3) is 0 Å². The highest BCUT2D eigenvalue weighted by atomic mass is 16.7. The monoisotopic (exact) mass is 275 g/mol. The number of benzene rings is 1. The van der Waals surface area contributed by atoms with Crippen LogP contribution in [0.15, 0.2) is 18.2 Å². The molecule has 3 heteroatoms. The molecular weight excluding hydrogens is 250 g/mol. The molecule has 3 rings (SSSR count). The zero-order valence-corrected chi connectivity index (χ0v) is 12.6. The molecule has 1 aliphatic carbocycles. The van der Waals surface area contributed by atoms with Gasteiger partial charge in [-0.2, -0.15) is 0 Å². The maximum absolute atomic E-state index is 5.42. The van der Waals surface area contributed by atoms with Crippen molar-refractivity contribution < 1.29 is 9.47 Å². The van der Waals surface area contributed by atoms with Crippen molar-refractivity contribution in [1.82, 2.24) is 5.32 Å². The molecule has 1 aliphatic heterocycles. The third kappa shape index (κ3) is 3.09. The summed E-state index contributed by atoms with van der Waals surface area (Å²) < 4.78 is 10.8. The number of nitrogens with one attached hydrogen (secondary N) is 1. The van der Waals surface area contributed by atoms with Crippen molar-refractivity contribution in [2.45, 2.75) is 52.0 Å². The molecule has 1 unspecified atom stereocenters. The predicted octanol–water partition coefficient (Wildman–Crippen LogP) is 3.52. The van der Waals surface area contributed by atoms with E-state index in [9.17, 15) is 0 Å². The summed E-state index contributed by atoms with van der Waals surface area (Å²) in [7, 11) is 0. The lowest BCUT2D eigenvalue weighted by Crippen LogP contribution is -2.32. The van der Waals surface area contributed by atoms with Crippen molar-refractivity contribution in [3.63, 3.8) is 0 Å². The molecule has 3 nitrogen and oxygen atoms in total. The zero-order chi connectivity index (χ0) is 14.0. The first-order chi connectivity index (χ1) is 9.71. The van der Waals surface area contributed by atoms with Gasteiger partial charge in [0.1, 0.15) is 0 Å². The second kappa shape index (κ2) is 5.65. The van der Waals surface area contributed by atoms with Crippen molar-refractivity contribution >= 4 is 0 Å². The highest BCUT2D eigenvalue weighted by molar-refractivity contribution is 5.44. The fraction of sp³-hybridized carbons (Fsp3) is 0.647. The van der Waals surface area contributed by atoms with Gasteiger partial charge in [-0.1, -0.05) is 13.0 Å². The van der Waals surface area contributed by atoms with Crippen molar-refractivity contribution in [2.75, 3.05) is 13.3 Å². The summed E-state index contributed by atoms with van der Waals surface area (Å²) in [6.07, 6.45) is 6.38. The van der Waals surface area contributed by atoms with Gasteiger partial charge < -0.3 is 14.8 Å². The Labute approximate surface area is 121 Å². The van der Waals surface area contributed by atoms with Gasteiger partial charge in [0.2, 0.25) is 6.79 Å². The van der Waals surface area contributed by atoms with Gasteiger partial charge in [0, 0.05) is 12.6 Å². The van der Waals surface area contributed by atoms with E-state index in [1.54, 1.807) is 0 Å². The van der Waals surface area contributed by atoms with Gasteiger partial charge >= 0.3 is 0 Å². The molecule has 1 aromatic rings. The maximum atomic E-state index is 5.42. The van der Waals surface area contributed by atoms with Crippen LogP contribution in [0, 0.1) is 5.41 Å². The van der Waals surface area contributed by atoms with Crippen LogP contribution in [0.4, 0.5) is 0 Å². The van der Waals surface area contributed by atoms with E-state index < -0.39 is 0 Å². The van der Waals surface area contributed by atoms with E-state index >= 15 is 0 Å². The van der Waals surface area contributed by atoms with Crippen LogP contribution in [0.1, 0.15) is 45.1 Å². The fourth-order valence-corrected chi connectivity index (χ4v) is 2.80. The van der Waals surface area contributed by atoms with Gasteiger partial charge in [-0.05, 0) is 62.1 Å². The van der Waals surface area contributed by atoms with E-state index in [1.165, 1.54) is 37.8 Å². The Kier molecular flexibility index (Phi) is 3.88. The Balaban J connectivity index is 1.44. The van der Waals surface area contributed by atoms with E-state index in [2.05, 4.69) is 31.3 Å². The van der Waals surface area contributed by atoms with E-state index in [0.717, 1.165) is 17.9 Å². The molecular formula is C17H25NO2. The summed E-state index contributed by atoms with van der Waals surface area (Å²) in [6, 6.07) is 6.86. The lowest BCUT2D eigenvalue weighted by molar-refractivity contribution is 0.174. The molecule has 1 saturated carbocycles. The Hall–Kier alpha value is -1.22. The summed E-state index contributed by atoms with van der Waals surface area (Å²) in [5, 5.41) is 3.70. The first-order valence-corrected chi connectivity index (χ1v) is 7.83. The minimum Gasteiger partial charge on any atom is -0.454 e. The molecule has 0 spiro atoms. The van der Waals surface area contributed by atoms with Gasteiger partial charge in [0.05, 0.1) is 0 Å². The number of aryl methyl sites for hydroxylation is 1. The third-order valence-electron chi connectivity index (χ3n) is 4.84. The van der Waals surface area contributed by atoms with Crippen LogP contribution in [-0.4, -0.2) is 19.4 Å². The second-order valence-corrected chi connectivity index (χ2v) is 6.36. The summed E-state index contributed by atoms with van der Waals surface area (Å²) in [5.41, 5.74) is 1.96. The van der Waals surface area contributed by atoms with Crippen LogP contribution in [0.2, 0.25) is 0 Å². The number of rotatable bonds is 7. The number of fused-ring (bicyclic) bond motifs is 1. The standard InChI is InChI=1S/C17H25NO2/c1-3-17(8-9-17)11-18-13(2)4-5-14-6-7-15-16(10-14)20-12-19-15/h6-7,10,13,18H,3-5,8-9,11-12H2,1-2H3. The summed E-state index contributed by atoms with van der Waals surface area (Å²) >= 11 is 0. The summed E-state index contributed by atoms with van der Waals surface area (Å²) in [6.45, 7) is 6.15. The first-order valence-electron chi connectivity index (χ1n) is 7.83. The molecule has 2 aliphatic rings. The Bertz CT molecular complexity index is 468. The SMILES string of the molecule is CCC1(CNC(C)CCc2ccc3c(c2)OCO3)CC1. The largest absolute Gasteiger partial charge is 0.454 e. The Morgan fingerprint density at radius 1 is 1.25 bits per heavy atom. The molecule has 0 aromatic heterocycles. The fourth-order valence-electron chi connectivity index (χ4n) is 2.80. The quantitative estimate of drug-likeness (QED) is 0.826. The lowest BCUT2D eigenvalue weighted by atomic mass is 10.0. The molecule has 1 atom stereocenters. The number of hydrogen-bond donors (Lipinski definition) is 1. The van der Waals surface area contributed by atoms with E-state index in [-0.39, 0.29) is 0 Å². The smallest absolute Gasteiger partial charge is 0.231 e. The van der Waals surface area contributed by atoms with Crippen LogP contribution in [0.3, 0.4) is 0 Å². The Morgan fingerprint density at radius 3 is 2.80 bits per heavy atom. The number of hydrogen-bond acceptors (Lipinski definition) is 3. The number of ether oxygens (including phenoxy) is 2. The molecule has 20 heavy (non-hydrogen) atoms.